The molecule has 0 aliphatic heterocycles. The highest BCUT2D eigenvalue weighted by Crippen LogP contribution is 2.68. The minimum absolute atomic E-state index is 0.00676. The molecule has 2 bridgehead atoms. The van der Waals surface area contributed by atoms with Gasteiger partial charge in [0.25, 0.3) is 5.91 Å². The average molecular weight is 467 g/mol. The molecule has 3 aliphatic carbocycles. The maximum absolute atomic E-state index is 13.5. The SMILES string of the molecule is C[C@H]1C2(NCC(O)c3ccc(Cl)cc3)CC1(NC(=O)COc1ccc(Cl)c(F)c1)[C@H]2C. The van der Waals surface area contributed by atoms with Gasteiger partial charge in [-0.05, 0) is 48.1 Å². The van der Waals surface area contributed by atoms with Crippen LogP contribution in [0.5, 0.6) is 5.75 Å². The molecule has 0 heterocycles. The van der Waals surface area contributed by atoms with Gasteiger partial charge in [-0.3, -0.25) is 4.79 Å². The Morgan fingerprint density at radius 3 is 2.48 bits per heavy atom. The number of hydrogen-bond acceptors (Lipinski definition) is 4. The van der Waals surface area contributed by atoms with E-state index in [0.717, 1.165) is 18.1 Å². The zero-order valence-corrected chi connectivity index (χ0v) is 18.8. The molecule has 0 radical (unpaired) electrons. The highest BCUT2D eigenvalue weighted by molar-refractivity contribution is 6.30. The fourth-order valence-corrected chi connectivity index (χ4v) is 5.38. The van der Waals surface area contributed by atoms with Gasteiger partial charge in [0, 0.05) is 23.2 Å². The first-order chi connectivity index (χ1) is 14.7. The summed E-state index contributed by atoms with van der Waals surface area (Å²) >= 11 is 11.6. The third-order valence-corrected chi connectivity index (χ3v) is 7.75. The van der Waals surface area contributed by atoms with Crippen molar-refractivity contribution in [3.63, 3.8) is 0 Å². The summed E-state index contributed by atoms with van der Waals surface area (Å²) in [5.74, 6) is -0.155. The summed E-state index contributed by atoms with van der Waals surface area (Å²) in [4.78, 5) is 12.4. The lowest BCUT2D eigenvalue weighted by Gasteiger charge is -2.80. The van der Waals surface area contributed by atoms with Gasteiger partial charge in [0.15, 0.2) is 6.61 Å². The number of hydrogen-bond donors (Lipinski definition) is 3. The Labute approximate surface area is 190 Å². The number of aliphatic hydroxyl groups is 1. The molecule has 2 aromatic carbocycles. The normalized spacial score (nSPS) is 29.5. The van der Waals surface area contributed by atoms with Crippen LogP contribution in [0.2, 0.25) is 10.0 Å². The number of carbonyl (C=O) groups is 1. The number of nitrogens with one attached hydrogen (secondary N) is 2. The van der Waals surface area contributed by atoms with Gasteiger partial charge in [-0.1, -0.05) is 49.2 Å². The molecule has 31 heavy (non-hydrogen) atoms. The second kappa shape index (κ2) is 8.24. The molecule has 0 aromatic heterocycles. The fraction of sp³-hybridized carbons (Fsp3) is 0.435. The van der Waals surface area contributed by atoms with Crippen LogP contribution in [-0.4, -0.2) is 35.2 Å². The van der Waals surface area contributed by atoms with Crippen molar-refractivity contribution >= 4 is 29.1 Å². The van der Waals surface area contributed by atoms with Crippen LogP contribution in [0.25, 0.3) is 0 Å². The van der Waals surface area contributed by atoms with E-state index in [2.05, 4.69) is 24.5 Å². The number of carbonyl (C=O) groups excluding carboxylic acids is 1. The quantitative estimate of drug-likeness (QED) is 0.547. The number of ether oxygens (including phenoxy) is 1. The van der Waals surface area contributed by atoms with Crippen LogP contribution in [0, 0.1) is 17.7 Å². The molecule has 3 fully saturated rings. The van der Waals surface area contributed by atoms with Crippen LogP contribution in [0.15, 0.2) is 42.5 Å². The molecule has 3 saturated carbocycles. The van der Waals surface area contributed by atoms with Crippen molar-refractivity contribution in [3.05, 3.63) is 63.9 Å². The van der Waals surface area contributed by atoms with E-state index < -0.39 is 11.9 Å². The monoisotopic (exact) mass is 466 g/mol. The summed E-state index contributed by atoms with van der Waals surface area (Å²) in [6.07, 6.45) is 0.154. The Hall–Kier alpha value is -1.86. The Morgan fingerprint density at radius 2 is 1.87 bits per heavy atom. The standard InChI is InChI=1S/C23H25Cl2FN2O3/c1-13-22(27-10-20(29)15-3-5-16(24)6-4-15)12-23(13,14(22)2)28-21(30)11-31-17-7-8-18(25)19(26)9-17/h3-9,13-14,20,27,29H,10-12H2,1-2H3,(H,28,30)/t13-,14-,20?,22?,23?/m0/s1. The Bertz CT molecular complexity index is 975. The summed E-state index contributed by atoms with van der Waals surface area (Å²) in [5, 5.41) is 17.7. The lowest BCUT2D eigenvalue weighted by Crippen LogP contribution is -2.94. The maximum Gasteiger partial charge on any atom is 0.258 e. The van der Waals surface area contributed by atoms with Crippen LogP contribution in [0.3, 0.4) is 0 Å². The van der Waals surface area contributed by atoms with Crippen LogP contribution in [0.4, 0.5) is 4.39 Å². The summed E-state index contributed by atoms with van der Waals surface area (Å²) < 4.78 is 18.9. The lowest BCUT2D eigenvalue weighted by atomic mass is 9.32. The Balaban J connectivity index is 1.28. The van der Waals surface area contributed by atoms with E-state index >= 15 is 0 Å². The predicted molar refractivity (Wildman–Crippen MR) is 118 cm³/mol. The van der Waals surface area contributed by atoms with Crippen molar-refractivity contribution in [2.45, 2.75) is 37.5 Å². The van der Waals surface area contributed by atoms with Gasteiger partial charge in [0.2, 0.25) is 0 Å². The largest absolute Gasteiger partial charge is 0.484 e. The van der Waals surface area contributed by atoms with E-state index in [4.69, 9.17) is 27.9 Å². The smallest absolute Gasteiger partial charge is 0.258 e. The van der Waals surface area contributed by atoms with Gasteiger partial charge in [0.05, 0.1) is 16.7 Å². The summed E-state index contributed by atoms with van der Waals surface area (Å²) in [6.45, 7) is 4.42. The van der Waals surface area contributed by atoms with Crippen molar-refractivity contribution < 1.29 is 19.0 Å². The number of benzene rings is 2. The maximum atomic E-state index is 13.5. The molecule has 3 N–H and O–H groups in total. The summed E-state index contributed by atoms with van der Waals surface area (Å²) in [6, 6.07) is 11.2. The molecule has 0 saturated heterocycles. The van der Waals surface area contributed by atoms with Crippen molar-refractivity contribution in [2.75, 3.05) is 13.2 Å². The molecule has 3 aliphatic rings. The molecule has 0 spiro atoms. The van der Waals surface area contributed by atoms with Crippen molar-refractivity contribution in [3.8, 4) is 5.75 Å². The zero-order chi connectivity index (χ0) is 22.4. The molecule has 1 amide bonds. The minimum atomic E-state index is -0.635. The molecule has 2 aromatic rings. The van der Waals surface area contributed by atoms with Crippen molar-refractivity contribution in [1.82, 2.24) is 10.6 Å². The third kappa shape index (κ3) is 3.80. The van der Waals surface area contributed by atoms with Gasteiger partial charge >= 0.3 is 0 Å². The van der Waals surface area contributed by atoms with E-state index in [1.165, 1.54) is 12.1 Å². The first kappa shape index (κ1) is 22.3. The van der Waals surface area contributed by atoms with Gasteiger partial charge in [-0.25, -0.2) is 4.39 Å². The van der Waals surface area contributed by atoms with Crippen LogP contribution >= 0.6 is 23.2 Å². The molecule has 1 unspecified atom stereocenters. The first-order valence-electron chi connectivity index (χ1n) is 10.3. The Kier molecular flexibility index (Phi) is 5.94. The minimum Gasteiger partial charge on any atom is -0.484 e. The van der Waals surface area contributed by atoms with Gasteiger partial charge in [0.1, 0.15) is 11.6 Å². The molecule has 5 nitrogen and oxygen atoms in total. The second-order valence-corrected chi connectivity index (χ2v) is 9.41. The van der Waals surface area contributed by atoms with Gasteiger partial charge in [-0.2, -0.15) is 0 Å². The summed E-state index contributed by atoms with van der Waals surface area (Å²) in [7, 11) is 0. The molecule has 5 rings (SSSR count). The van der Waals surface area contributed by atoms with Gasteiger partial charge in [-0.15, -0.1) is 0 Å². The topological polar surface area (TPSA) is 70.6 Å². The van der Waals surface area contributed by atoms with Crippen LogP contribution < -0.4 is 15.4 Å². The molecule has 8 heteroatoms. The van der Waals surface area contributed by atoms with Crippen molar-refractivity contribution in [1.29, 1.82) is 0 Å². The number of amides is 1. The molecular formula is C23H25Cl2FN2O3. The molecule has 3 atom stereocenters. The first-order valence-corrected chi connectivity index (χ1v) is 11.0. The van der Waals surface area contributed by atoms with Crippen molar-refractivity contribution in [2.24, 2.45) is 11.8 Å². The second-order valence-electron chi connectivity index (χ2n) is 8.56. The highest BCUT2D eigenvalue weighted by Gasteiger charge is 2.79. The summed E-state index contributed by atoms with van der Waals surface area (Å²) in [5.41, 5.74) is 0.410. The highest BCUT2D eigenvalue weighted by atomic mass is 35.5. The molecule has 166 valence electrons. The average Bonchev–Trinajstić information content (AvgIpc) is 2.76. The molecular weight excluding hydrogens is 442 g/mol. The number of aliphatic hydroxyl groups excluding tert-OH is 1. The third-order valence-electron chi connectivity index (χ3n) is 7.19. The van der Waals surface area contributed by atoms with Crippen LogP contribution in [0.1, 0.15) is 31.9 Å². The van der Waals surface area contributed by atoms with Gasteiger partial charge < -0.3 is 20.5 Å². The number of halogens is 3. The van der Waals surface area contributed by atoms with Crippen LogP contribution in [-0.2, 0) is 4.79 Å². The number of rotatable bonds is 8. The van der Waals surface area contributed by atoms with E-state index in [1.807, 2.05) is 12.1 Å². The number of β-amino-alcohol motifs (C(OH)–C–C–N with tert-alkyl or cyclic N) is 1. The Morgan fingerprint density at radius 1 is 1.19 bits per heavy atom. The van der Waals surface area contributed by atoms with E-state index in [9.17, 15) is 14.3 Å². The predicted octanol–water partition coefficient (Wildman–Crippen LogP) is 4.12. The van der Waals surface area contributed by atoms with E-state index in [0.29, 0.717) is 11.6 Å². The lowest BCUT2D eigenvalue weighted by molar-refractivity contribution is -0.233. The van der Waals surface area contributed by atoms with E-state index in [-0.39, 0.29) is 46.2 Å². The zero-order valence-electron chi connectivity index (χ0n) is 17.3. The van der Waals surface area contributed by atoms with E-state index in [1.54, 1.807) is 12.1 Å². The fourth-order valence-electron chi connectivity index (χ4n) is 5.14.